The fourth-order valence-corrected chi connectivity index (χ4v) is 2.94. The average molecular weight is 306 g/mol. The minimum Gasteiger partial charge on any atom is -0.507 e. The molecule has 4 nitrogen and oxygen atoms in total. The van der Waals surface area contributed by atoms with Crippen LogP contribution in [0.1, 0.15) is 67.9 Å². The van der Waals surface area contributed by atoms with Gasteiger partial charge in [0.1, 0.15) is 17.1 Å². The molecule has 1 aromatic rings. The maximum atomic E-state index is 11.4. The number of aryl methyl sites for hydroxylation is 1. The van der Waals surface area contributed by atoms with E-state index in [2.05, 4.69) is 6.92 Å². The van der Waals surface area contributed by atoms with Crippen molar-refractivity contribution in [2.75, 3.05) is 0 Å². The highest BCUT2D eigenvalue weighted by atomic mass is 16.4. The van der Waals surface area contributed by atoms with Gasteiger partial charge >= 0.3 is 5.97 Å². The van der Waals surface area contributed by atoms with Gasteiger partial charge in [-0.25, -0.2) is 4.79 Å². The van der Waals surface area contributed by atoms with Gasteiger partial charge in [0.25, 0.3) is 0 Å². The number of hydrogen-bond acceptors (Lipinski definition) is 3. The molecule has 2 N–H and O–H groups in total. The number of carbonyl (C=O) groups excluding carboxylic acids is 1. The third-order valence-electron chi connectivity index (χ3n) is 3.85. The molecule has 0 saturated heterocycles. The number of ketones is 1. The van der Waals surface area contributed by atoms with Gasteiger partial charge in [-0.05, 0) is 55.4 Å². The summed E-state index contributed by atoms with van der Waals surface area (Å²) in [5.74, 6) is -0.897. The first-order valence-electron chi connectivity index (χ1n) is 7.96. The van der Waals surface area contributed by atoms with E-state index in [9.17, 15) is 14.7 Å². The molecule has 0 bridgehead atoms. The van der Waals surface area contributed by atoms with Crippen LogP contribution in [0.15, 0.2) is 12.1 Å². The second-order valence-corrected chi connectivity index (χ2v) is 5.96. The minimum absolute atomic E-state index is 0.0502. The maximum Gasteiger partial charge on any atom is 0.339 e. The second-order valence-electron chi connectivity index (χ2n) is 5.96. The van der Waals surface area contributed by atoms with Crippen molar-refractivity contribution in [1.29, 1.82) is 0 Å². The van der Waals surface area contributed by atoms with E-state index in [0.29, 0.717) is 12.8 Å². The summed E-state index contributed by atoms with van der Waals surface area (Å²) in [5, 5.41) is 19.1. The van der Waals surface area contributed by atoms with Crippen molar-refractivity contribution in [2.24, 2.45) is 5.92 Å². The monoisotopic (exact) mass is 306 g/mol. The van der Waals surface area contributed by atoms with Crippen molar-refractivity contribution in [1.82, 2.24) is 0 Å². The van der Waals surface area contributed by atoms with E-state index in [4.69, 9.17) is 5.11 Å². The molecular formula is C18H26O4. The summed E-state index contributed by atoms with van der Waals surface area (Å²) in [6.45, 7) is 5.72. The molecule has 0 amide bonds. The van der Waals surface area contributed by atoms with Crippen LogP contribution >= 0.6 is 0 Å². The number of phenols is 1. The molecule has 0 saturated carbocycles. The summed E-state index contributed by atoms with van der Waals surface area (Å²) in [4.78, 5) is 22.6. The molecular weight excluding hydrogens is 280 g/mol. The molecule has 0 heterocycles. The minimum atomic E-state index is -1.12. The van der Waals surface area contributed by atoms with Gasteiger partial charge in [0.15, 0.2) is 0 Å². The fourth-order valence-electron chi connectivity index (χ4n) is 2.94. The molecule has 122 valence electrons. The molecule has 0 fully saturated rings. The van der Waals surface area contributed by atoms with Gasteiger partial charge in [-0.1, -0.05) is 26.7 Å². The van der Waals surface area contributed by atoms with Crippen LogP contribution in [0, 0.1) is 5.92 Å². The largest absolute Gasteiger partial charge is 0.507 e. The lowest BCUT2D eigenvalue weighted by atomic mass is 9.87. The average Bonchev–Trinajstić information content (AvgIpc) is 2.41. The molecule has 1 unspecified atom stereocenters. The van der Waals surface area contributed by atoms with Crippen molar-refractivity contribution in [3.63, 3.8) is 0 Å². The van der Waals surface area contributed by atoms with Gasteiger partial charge in [-0.2, -0.15) is 0 Å². The second kappa shape index (κ2) is 8.57. The summed E-state index contributed by atoms with van der Waals surface area (Å²) < 4.78 is 0. The van der Waals surface area contributed by atoms with Gasteiger partial charge in [-0.15, -0.1) is 0 Å². The number of Topliss-reactive ketones (excluding diaryl/α,β-unsaturated/α-hetero) is 1. The highest BCUT2D eigenvalue weighted by Gasteiger charge is 2.18. The highest BCUT2D eigenvalue weighted by molar-refractivity contribution is 5.91. The van der Waals surface area contributed by atoms with Crippen LogP contribution in [0.3, 0.4) is 0 Å². The predicted octanol–water partition coefficient (Wildman–Crippen LogP) is 3.98. The van der Waals surface area contributed by atoms with E-state index in [1.54, 1.807) is 19.1 Å². The molecule has 1 atom stereocenters. The Hall–Kier alpha value is -1.84. The topological polar surface area (TPSA) is 74.6 Å². The van der Waals surface area contributed by atoms with Crippen LogP contribution in [0.2, 0.25) is 0 Å². The van der Waals surface area contributed by atoms with Crippen molar-refractivity contribution >= 4 is 11.8 Å². The van der Waals surface area contributed by atoms with Gasteiger partial charge < -0.3 is 15.0 Å². The first kappa shape index (κ1) is 18.2. The summed E-state index contributed by atoms with van der Waals surface area (Å²) in [6, 6.07) is 3.14. The van der Waals surface area contributed by atoms with Gasteiger partial charge in [0.2, 0.25) is 0 Å². The molecule has 0 aliphatic rings. The summed E-state index contributed by atoms with van der Waals surface area (Å²) in [5.41, 5.74) is 1.87. The summed E-state index contributed by atoms with van der Waals surface area (Å²) in [7, 11) is 0. The molecule has 1 aromatic carbocycles. The highest BCUT2D eigenvalue weighted by Crippen LogP contribution is 2.28. The van der Waals surface area contributed by atoms with Crippen LogP contribution in [0.25, 0.3) is 0 Å². The standard InChI is InChI=1S/C18H26O4/c1-4-6-13(8-12(3)19)9-15-11-17(20)16(18(21)22)10-14(15)7-5-2/h10-11,13,20H,4-9H2,1-3H3,(H,21,22). The van der Waals surface area contributed by atoms with Crippen LogP contribution in [0.4, 0.5) is 0 Å². The Kier molecular flexibility index (Phi) is 7.09. The van der Waals surface area contributed by atoms with Gasteiger partial charge in [-0.3, -0.25) is 0 Å². The Labute approximate surface area is 132 Å². The number of carbonyl (C=O) groups is 2. The van der Waals surface area contributed by atoms with E-state index in [-0.39, 0.29) is 23.0 Å². The lowest BCUT2D eigenvalue weighted by Gasteiger charge is -2.18. The first-order valence-corrected chi connectivity index (χ1v) is 7.96. The third-order valence-corrected chi connectivity index (χ3v) is 3.85. The Morgan fingerprint density at radius 1 is 1.14 bits per heavy atom. The van der Waals surface area contributed by atoms with E-state index < -0.39 is 5.97 Å². The van der Waals surface area contributed by atoms with E-state index in [1.807, 2.05) is 6.92 Å². The summed E-state index contributed by atoms with van der Waals surface area (Å²) >= 11 is 0. The lowest BCUT2D eigenvalue weighted by molar-refractivity contribution is -0.117. The maximum absolute atomic E-state index is 11.4. The summed E-state index contributed by atoms with van der Waals surface area (Å²) in [6.07, 6.45) is 4.86. The zero-order valence-electron chi connectivity index (χ0n) is 13.7. The lowest BCUT2D eigenvalue weighted by Crippen LogP contribution is -2.11. The molecule has 22 heavy (non-hydrogen) atoms. The van der Waals surface area contributed by atoms with Crippen molar-refractivity contribution < 1.29 is 19.8 Å². The quantitative estimate of drug-likeness (QED) is 0.723. The van der Waals surface area contributed by atoms with Crippen LogP contribution < -0.4 is 0 Å². The number of hydrogen-bond donors (Lipinski definition) is 2. The Morgan fingerprint density at radius 2 is 1.82 bits per heavy atom. The van der Waals surface area contributed by atoms with Crippen LogP contribution in [-0.4, -0.2) is 22.0 Å². The van der Waals surface area contributed by atoms with Crippen LogP contribution in [0.5, 0.6) is 5.75 Å². The Morgan fingerprint density at radius 3 is 2.32 bits per heavy atom. The van der Waals surface area contributed by atoms with Crippen molar-refractivity contribution in [2.45, 2.75) is 59.3 Å². The van der Waals surface area contributed by atoms with E-state index in [1.165, 1.54) is 0 Å². The molecule has 0 radical (unpaired) electrons. The normalized spacial score (nSPS) is 12.1. The SMILES string of the molecule is CCCc1cc(C(=O)O)c(O)cc1CC(CCC)CC(C)=O. The number of aromatic carboxylic acids is 1. The van der Waals surface area contributed by atoms with Gasteiger partial charge in [0.05, 0.1) is 0 Å². The number of carboxylic acids is 1. The molecule has 1 rings (SSSR count). The smallest absolute Gasteiger partial charge is 0.339 e. The molecule has 4 heteroatoms. The fraction of sp³-hybridized carbons (Fsp3) is 0.556. The molecule has 0 spiro atoms. The Bertz CT molecular complexity index is 534. The van der Waals surface area contributed by atoms with Crippen LogP contribution in [-0.2, 0) is 17.6 Å². The van der Waals surface area contributed by atoms with E-state index >= 15 is 0 Å². The molecule has 0 aliphatic carbocycles. The number of aromatic hydroxyl groups is 1. The van der Waals surface area contributed by atoms with Crippen molar-refractivity contribution in [3.05, 3.63) is 28.8 Å². The zero-order chi connectivity index (χ0) is 16.7. The third kappa shape index (κ3) is 5.17. The number of carboxylic acid groups (broad SMARTS) is 1. The van der Waals surface area contributed by atoms with Gasteiger partial charge in [0, 0.05) is 6.42 Å². The Balaban J connectivity index is 3.12. The van der Waals surface area contributed by atoms with Crippen molar-refractivity contribution in [3.8, 4) is 5.75 Å². The number of benzene rings is 1. The molecule has 0 aliphatic heterocycles. The zero-order valence-corrected chi connectivity index (χ0v) is 13.7. The van der Waals surface area contributed by atoms with E-state index in [0.717, 1.165) is 36.8 Å². The first-order chi connectivity index (χ1) is 10.4. The molecule has 0 aromatic heterocycles. The number of rotatable bonds is 9. The predicted molar refractivity (Wildman–Crippen MR) is 86.5 cm³/mol.